The molecule has 5 heteroatoms. The van der Waals surface area contributed by atoms with Gasteiger partial charge in [-0.25, -0.2) is 0 Å². The number of carbonyl (C=O) groups is 2. The number of carboxylic acid groups (broad SMARTS) is 1. The number of carboxylic acids is 1. The first-order valence-corrected chi connectivity index (χ1v) is 7.28. The van der Waals surface area contributed by atoms with Crippen LogP contribution in [0.15, 0.2) is 24.3 Å². The molecule has 21 heavy (non-hydrogen) atoms. The lowest BCUT2D eigenvalue weighted by molar-refractivity contribution is -0.140. The zero-order valence-electron chi connectivity index (χ0n) is 12.6. The average Bonchev–Trinajstić information content (AvgIpc) is 2.49. The molecule has 1 rings (SSSR count). The number of amides is 1. The van der Waals surface area contributed by atoms with Crippen molar-refractivity contribution in [1.82, 2.24) is 5.32 Å². The van der Waals surface area contributed by atoms with Crippen LogP contribution in [-0.4, -0.2) is 30.1 Å². The van der Waals surface area contributed by atoms with E-state index in [0.29, 0.717) is 12.2 Å². The zero-order chi connectivity index (χ0) is 15.7. The highest BCUT2D eigenvalue weighted by Crippen LogP contribution is 2.13. The third kappa shape index (κ3) is 6.29. The van der Waals surface area contributed by atoms with Gasteiger partial charge in [-0.15, -0.1) is 0 Å². The molecular weight excluding hydrogens is 270 g/mol. The molecule has 0 heterocycles. The molecule has 5 nitrogen and oxygen atoms in total. The van der Waals surface area contributed by atoms with E-state index in [2.05, 4.69) is 12.2 Å². The van der Waals surface area contributed by atoms with Crippen molar-refractivity contribution in [3.05, 3.63) is 29.8 Å². The minimum atomic E-state index is -0.925. The van der Waals surface area contributed by atoms with E-state index in [1.54, 1.807) is 31.2 Å². The second-order valence-corrected chi connectivity index (χ2v) is 5.03. The van der Waals surface area contributed by atoms with Crippen LogP contribution in [0.4, 0.5) is 0 Å². The SMILES string of the molecule is CCCCCOc1ccc(C(=O)NCC(C)C(=O)O)cc1. The Hall–Kier alpha value is -2.04. The predicted molar refractivity (Wildman–Crippen MR) is 80.6 cm³/mol. The smallest absolute Gasteiger partial charge is 0.308 e. The lowest BCUT2D eigenvalue weighted by Crippen LogP contribution is -2.31. The molecule has 0 aliphatic rings. The maximum absolute atomic E-state index is 11.8. The summed E-state index contributed by atoms with van der Waals surface area (Å²) in [5, 5.41) is 11.4. The van der Waals surface area contributed by atoms with E-state index >= 15 is 0 Å². The Balaban J connectivity index is 2.42. The predicted octanol–water partition coefficient (Wildman–Crippen LogP) is 2.71. The van der Waals surface area contributed by atoms with Crippen molar-refractivity contribution >= 4 is 11.9 Å². The van der Waals surface area contributed by atoms with Gasteiger partial charge in [0.25, 0.3) is 5.91 Å². The Kier molecular flexibility index (Phi) is 7.29. The Bertz CT molecular complexity index is 456. The zero-order valence-corrected chi connectivity index (χ0v) is 12.6. The third-order valence-electron chi connectivity index (χ3n) is 3.12. The van der Waals surface area contributed by atoms with Gasteiger partial charge in [-0.3, -0.25) is 9.59 Å². The van der Waals surface area contributed by atoms with Gasteiger partial charge in [-0.05, 0) is 30.7 Å². The number of hydrogen-bond donors (Lipinski definition) is 2. The van der Waals surface area contributed by atoms with E-state index < -0.39 is 11.9 Å². The van der Waals surface area contributed by atoms with Gasteiger partial charge in [0, 0.05) is 12.1 Å². The summed E-state index contributed by atoms with van der Waals surface area (Å²) in [5.74, 6) is -1.07. The van der Waals surface area contributed by atoms with Crippen molar-refractivity contribution in [1.29, 1.82) is 0 Å². The first-order chi connectivity index (χ1) is 10.0. The normalized spacial score (nSPS) is 11.7. The second-order valence-electron chi connectivity index (χ2n) is 5.03. The number of aliphatic carboxylic acids is 1. The summed E-state index contributed by atoms with van der Waals surface area (Å²) in [7, 11) is 0. The van der Waals surface area contributed by atoms with Gasteiger partial charge in [0.2, 0.25) is 0 Å². The maximum Gasteiger partial charge on any atom is 0.308 e. The number of nitrogens with one attached hydrogen (secondary N) is 1. The summed E-state index contributed by atoms with van der Waals surface area (Å²) in [6.07, 6.45) is 3.31. The van der Waals surface area contributed by atoms with Crippen molar-refractivity contribution in [3.8, 4) is 5.75 Å². The van der Waals surface area contributed by atoms with Crippen LogP contribution in [0, 0.1) is 5.92 Å². The highest BCUT2D eigenvalue weighted by atomic mass is 16.5. The molecule has 0 radical (unpaired) electrons. The standard InChI is InChI=1S/C16H23NO4/c1-3-4-5-10-21-14-8-6-13(7-9-14)15(18)17-11-12(2)16(19)20/h6-9,12H,3-5,10-11H2,1-2H3,(H,17,18)(H,19,20). The molecule has 116 valence electrons. The fourth-order valence-corrected chi connectivity index (χ4v) is 1.68. The molecular formula is C16H23NO4. The van der Waals surface area contributed by atoms with E-state index in [1.165, 1.54) is 0 Å². The van der Waals surface area contributed by atoms with E-state index in [4.69, 9.17) is 9.84 Å². The minimum absolute atomic E-state index is 0.115. The van der Waals surface area contributed by atoms with Crippen LogP contribution in [0.25, 0.3) is 0 Å². The fourth-order valence-electron chi connectivity index (χ4n) is 1.68. The van der Waals surface area contributed by atoms with Crippen molar-refractivity contribution in [2.24, 2.45) is 5.92 Å². The summed E-state index contributed by atoms with van der Waals surface area (Å²) >= 11 is 0. The Morgan fingerprint density at radius 3 is 2.48 bits per heavy atom. The lowest BCUT2D eigenvalue weighted by atomic mass is 10.1. The molecule has 0 aliphatic heterocycles. The van der Waals surface area contributed by atoms with E-state index in [9.17, 15) is 9.59 Å². The number of unbranched alkanes of at least 4 members (excludes halogenated alkanes) is 2. The quantitative estimate of drug-likeness (QED) is 0.686. The van der Waals surface area contributed by atoms with E-state index in [-0.39, 0.29) is 12.5 Å². The highest BCUT2D eigenvalue weighted by Gasteiger charge is 2.13. The molecule has 1 unspecified atom stereocenters. The summed E-state index contributed by atoms with van der Waals surface area (Å²) in [6, 6.07) is 6.86. The first-order valence-electron chi connectivity index (χ1n) is 7.28. The monoisotopic (exact) mass is 293 g/mol. The molecule has 0 aliphatic carbocycles. The molecule has 0 spiro atoms. The Morgan fingerprint density at radius 1 is 1.24 bits per heavy atom. The third-order valence-corrected chi connectivity index (χ3v) is 3.12. The van der Waals surface area contributed by atoms with Gasteiger partial charge in [0.1, 0.15) is 5.75 Å². The van der Waals surface area contributed by atoms with E-state index in [1.807, 2.05) is 0 Å². The molecule has 1 amide bonds. The molecule has 0 bridgehead atoms. The van der Waals surface area contributed by atoms with Crippen LogP contribution in [0.2, 0.25) is 0 Å². The molecule has 0 saturated heterocycles. The summed E-state index contributed by atoms with van der Waals surface area (Å²) in [4.78, 5) is 22.5. The summed E-state index contributed by atoms with van der Waals surface area (Å²) < 4.78 is 5.56. The highest BCUT2D eigenvalue weighted by molar-refractivity contribution is 5.94. The number of benzene rings is 1. The first kappa shape index (κ1) is 17.0. The van der Waals surface area contributed by atoms with Gasteiger partial charge in [-0.1, -0.05) is 26.7 Å². The maximum atomic E-state index is 11.8. The fraction of sp³-hybridized carbons (Fsp3) is 0.500. The molecule has 1 aromatic rings. The number of ether oxygens (including phenoxy) is 1. The molecule has 0 aromatic heterocycles. The number of carbonyl (C=O) groups excluding carboxylic acids is 1. The van der Waals surface area contributed by atoms with Gasteiger partial charge in [-0.2, -0.15) is 0 Å². The van der Waals surface area contributed by atoms with Gasteiger partial charge in [0.05, 0.1) is 12.5 Å². The second kappa shape index (κ2) is 9.00. The summed E-state index contributed by atoms with van der Waals surface area (Å²) in [5.41, 5.74) is 0.494. The molecule has 2 N–H and O–H groups in total. The van der Waals surface area contributed by atoms with Crippen molar-refractivity contribution in [2.45, 2.75) is 33.1 Å². The van der Waals surface area contributed by atoms with Crippen molar-refractivity contribution in [3.63, 3.8) is 0 Å². The number of hydrogen-bond acceptors (Lipinski definition) is 3. The van der Waals surface area contributed by atoms with Crippen LogP contribution >= 0.6 is 0 Å². The number of rotatable bonds is 9. The molecule has 0 saturated carbocycles. The summed E-state index contributed by atoms with van der Waals surface area (Å²) in [6.45, 7) is 4.48. The van der Waals surface area contributed by atoms with Crippen LogP contribution in [0.3, 0.4) is 0 Å². The minimum Gasteiger partial charge on any atom is -0.494 e. The van der Waals surface area contributed by atoms with Crippen LogP contribution in [0.5, 0.6) is 5.75 Å². The van der Waals surface area contributed by atoms with Crippen LogP contribution in [0.1, 0.15) is 43.5 Å². The van der Waals surface area contributed by atoms with Gasteiger partial charge in [0.15, 0.2) is 0 Å². The van der Waals surface area contributed by atoms with E-state index in [0.717, 1.165) is 25.0 Å². The van der Waals surface area contributed by atoms with Gasteiger partial charge >= 0.3 is 5.97 Å². The topological polar surface area (TPSA) is 75.6 Å². The Labute approximate surface area is 125 Å². The molecule has 0 fully saturated rings. The van der Waals surface area contributed by atoms with Crippen molar-refractivity contribution < 1.29 is 19.4 Å². The molecule has 1 atom stereocenters. The lowest BCUT2D eigenvalue weighted by Gasteiger charge is -2.09. The largest absolute Gasteiger partial charge is 0.494 e. The van der Waals surface area contributed by atoms with Crippen molar-refractivity contribution in [2.75, 3.05) is 13.2 Å². The van der Waals surface area contributed by atoms with Gasteiger partial charge < -0.3 is 15.2 Å². The Morgan fingerprint density at radius 2 is 1.90 bits per heavy atom. The molecule has 1 aromatic carbocycles. The van der Waals surface area contributed by atoms with Crippen LogP contribution < -0.4 is 10.1 Å². The van der Waals surface area contributed by atoms with Crippen LogP contribution in [-0.2, 0) is 4.79 Å². The average molecular weight is 293 g/mol.